The van der Waals surface area contributed by atoms with Crippen LogP contribution in [-0.4, -0.2) is 23.4 Å². The van der Waals surface area contributed by atoms with Crippen LogP contribution in [0.3, 0.4) is 0 Å². The number of thioether (sulfide) groups is 1. The number of carboxylic acid groups (broad SMARTS) is 1. The number of ether oxygens (including phenoxy) is 1. The maximum atomic E-state index is 14.4. The van der Waals surface area contributed by atoms with Crippen LogP contribution in [0.25, 0.3) is 5.57 Å². The van der Waals surface area contributed by atoms with Crippen molar-refractivity contribution >= 4 is 39.2 Å². The first-order chi connectivity index (χ1) is 14.5. The van der Waals surface area contributed by atoms with E-state index in [1.54, 1.807) is 54.6 Å². The van der Waals surface area contributed by atoms with Crippen molar-refractivity contribution in [3.8, 4) is 5.75 Å². The summed E-state index contributed by atoms with van der Waals surface area (Å²) in [7, 11) is 0. The van der Waals surface area contributed by atoms with Gasteiger partial charge in [0.25, 0.3) is 0 Å². The molecule has 0 heterocycles. The molecule has 0 spiro atoms. The molecule has 0 bridgehead atoms. The molecule has 7 heteroatoms. The highest BCUT2D eigenvalue weighted by atomic mass is 79.9. The zero-order valence-electron chi connectivity index (χ0n) is 15.6. The Morgan fingerprint density at radius 1 is 1.00 bits per heavy atom. The summed E-state index contributed by atoms with van der Waals surface area (Å²) in [4.78, 5) is 11.5. The van der Waals surface area contributed by atoms with Gasteiger partial charge in [-0.3, -0.25) is 0 Å². The molecule has 0 radical (unpaired) electrons. The van der Waals surface area contributed by atoms with Gasteiger partial charge < -0.3 is 9.84 Å². The first-order valence-electron chi connectivity index (χ1n) is 8.92. The number of halogens is 3. The minimum absolute atomic E-state index is 0.335. The summed E-state index contributed by atoms with van der Waals surface area (Å²) in [5.74, 6) is -0.992. The molecule has 1 N–H and O–H groups in total. The van der Waals surface area contributed by atoms with Crippen LogP contribution in [0.15, 0.2) is 82.2 Å². The van der Waals surface area contributed by atoms with Crippen molar-refractivity contribution in [1.29, 1.82) is 0 Å². The van der Waals surface area contributed by atoms with Gasteiger partial charge in [0.2, 0.25) is 0 Å². The smallest absolute Gasteiger partial charge is 0.341 e. The fourth-order valence-corrected chi connectivity index (χ4v) is 4.23. The summed E-state index contributed by atoms with van der Waals surface area (Å²) in [6.07, 6.45) is 1.80. The Bertz CT molecular complexity index is 1040. The van der Waals surface area contributed by atoms with E-state index in [2.05, 4.69) is 15.9 Å². The van der Waals surface area contributed by atoms with Crippen LogP contribution in [0.2, 0.25) is 0 Å². The van der Waals surface area contributed by atoms with Crippen LogP contribution in [-0.2, 0) is 4.79 Å². The summed E-state index contributed by atoms with van der Waals surface area (Å²) in [5, 5.41) is 8.71. The van der Waals surface area contributed by atoms with E-state index in [0.29, 0.717) is 32.7 Å². The fraction of sp³-hybridized carbons (Fsp3) is 0.0870. The van der Waals surface area contributed by atoms with E-state index in [9.17, 15) is 13.6 Å². The number of carbonyl (C=O) groups is 1. The topological polar surface area (TPSA) is 46.5 Å². The molecule has 3 aromatic carbocycles. The molecule has 0 unspecified atom stereocenters. The Kier molecular flexibility index (Phi) is 7.65. The SMILES string of the molecule is O=C(O)COc1ccc(SCC=C(c2ccccc2F)c2ccccc2F)cc1Br. The standard InChI is InChI=1S/C23H17BrF2O3S/c24-19-13-15(9-10-22(19)29-14-23(27)28)30-12-11-16(17-5-1-3-7-20(17)25)18-6-2-4-8-21(18)26/h1-11,13H,12,14H2,(H,27,28). The lowest BCUT2D eigenvalue weighted by Crippen LogP contribution is -2.09. The molecule has 3 nitrogen and oxygen atoms in total. The molecule has 0 aromatic heterocycles. The van der Waals surface area contributed by atoms with Crippen molar-refractivity contribution in [3.05, 3.63) is 100 Å². The van der Waals surface area contributed by atoms with Crippen LogP contribution < -0.4 is 4.74 Å². The van der Waals surface area contributed by atoms with Crippen molar-refractivity contribution in [1.82, 2.24) is 0 Å². The van der Waals surface area contributed by atoms with Crippen molar-refractivity contribution < 1.29 is 23.4 Å². The fourth-order valence-electron chi connectivity index (χ4n) is 2.77. The van der Waals surface area contributed by atoms with Crippen LogP contribution in [0, 0.1) is 11.6 Å². The van der Waals surface area contributed by atoms with Gasteiger partial charge in [0.05, 0.1) is 4.47 Å². The number of hydrogen-bond acceptors (Lipinski definition) is 3. The maximum Gasteiger partial charge on any atom is 0.341 e. The van der Waals surface area contributed by atoms with Crippen molar-refractivity contribution in [3.63, 3.8) is 0 Å². The minimum Gasteiger partial charge on any atom is -0.481 e. The maximum absolute atomic E-state index is 14.4. The molecule has 0 aliphatic heterocycles. The predicted molar refractivity (Wildman–Crippen MR) is 118 cm³/mol. The second-order valence-electron chi connectivity index (χ2n) is 6.16. The lowest BCUT2D eigenvalue weighted by Gasteiger charge is -2.11. The summed E-state index contributed by atoms with van der Waals surface area (Å²) in [5.41, 5.74) is 1.16. The quantitative estimate of drug-likeness (QED) is 0.370. The molecule has 0 aliphatic rings. The van der Waals surface area contributed by atoms with Gasteiger partial charge >= 0.3 is 5.97 Å². The van der Waals surface area contributed by atoms with Gasteiger partial charge in [-0.2, -0.15) is 0 Å². The van der Waals surface area contributed by atoms with Crippen molar-refractivity contribution in [2.45, 2.75) is 4.90 Å². The largest absolute Gasteiger partial charge is 0.481 e. The van der Waals surface area contributed by atoms with Crippen LogP contribution >= 0.6 is 27.7 Å². The molecular formula is C23H17BrF2O3S. The molecule has 0 atom stereocenters. The summed E-state index contributed by atoms with van der Waals surface area (Å²) in [6.45, 7) is -0.428. The second kappa shape index (κ2) is 10.4. The number of rotatable bonds is 8. The van der Waals surface area contributed by atoms with Gasteiger partial charge in [-0.1, -0.05) is 42.5 Å². The highest BCUT2D eigenvalue weighted by Crippen LogP contribution is 2.32. The van der Waals surface area contributed by atoms with Gasteiger partial charge in [0.15, 0.2) is 6.61 Å². The van der Waals surface area contributed by atoms with Crippen LogP contribution in [0.1, 0.15) is 11.1 Å². The van der Waals surface area contributed by atoms with E-state index in [-0.39, 0.29) is 0 Å². The third-order valence-corrected chi connectivity index (χ3v) is 5.66. The third kappa shape index (κ3) is 5.70. The molecule has 0 aliphatic carbocycles. The van der Waals surface area contributed by atoms with Crippen LogP contribution in [0.5, 0.6) is 5.75 Å². The molecule has 0 amide bonds. The van der Waals surface area contributed by atoms with E-state index in [4.69, 9.17) is 9.84 Å². The molecule has 3 rings (SSSR count). The summed E-state index contributed by atoms with van der Waals surface area (Å²) in [6, 6.07) is 17.9. The first kappa shape index (κ1) is 22.1. The molecule has 0 saturated carbocycles. The lowest BCUT2D eigenvalue weighted by atomic mass is 9.97. The number of benzene rings is 3. The third-order valence-electron chi connectivity index (χ3n) is 4.12. The Balaban J connectivity index is 1.82. The Labute approximate surface area is 185 Å². The monoisotopic (exact) mass is 490 g/mol. The zero-order chi connectivity index (χ0) is 21.5. The van der Waals surface area contributed by atoms with E-state index in [0.717, 1.165) is 4.90 Å². The van der Waals surface area contributed by atoms with Gasteiger partial charge in [-0.05, 0) is 51.8 Å². The highest BCUT2D eigenvalue weighted by molar-refractivity contribution is 9.10. The van der Waals surface area contributed by atoms with Crippen molar-refractivity contribution in [2.24, 2.45) is 0 Å². The molecule has 0 fully saturated rings. The number of hydrogen-bond donors (Lipinski definition) is 1. The van der Waals surface area contributed by atoms with E-state index in [1.165, 1.54) is 23.9 Å². The number of aliphatic carboxylic acids is 1. The summed E-state index contributed by atoms with van der Waals surface area (Å²) < 4.78 is 34.6. The van der Waals surface area contributed by atoms with Gasteiger partial charge in [0, 0.05) is 21.8 Å². The van der Waals surface area contributed by atoms with Gasteiger partial charge in [0.1, 0.15) is 17.4 Å². The molecule has 3 aromatic rings. The predicted octanol–water partition coefficient (Wildman–Crippen LogP) is 6.41. The van der Waals surface area contributed by atoms with Gasteiger partial charge in [-0.25, -0.2) is 13.6 Å². The summed E-state index contributed by atoms with van der Waals surface area (Å²) >= 11 is 4.84. The van der Waals surface area contributed by atoms with E-state index < -0.39 is 24.2 Å². The Morgan fingerprint density at radius 3 is 2.13 bits per heavy atom. The van der Waals surface area contributed by atoms with E-state index in [1.807, 2.05) is 6.07 Å². The minimum atomic E-state index is -1.06. The Morgan fingerprint density at radius 2 is 1.60 bits per heavy atom. The average Bonchev–Trinajstić information content (AvgIpc) is 2.72. The zero-order valence-corrected chi connectivity index (χ0v) is 18.1. The van der Waals surface area contributed by atoms with Crippen molar-refractivity contribution in [2.75, 3.05) is 12.4 Å². The molecule has 154 valence electrons. The lowest BCUT2D eigenvalue weighted by molar-refractivity contribution is -0.139. The molecular weight excluding hydrogens is 474 g/mol. The normalized spacial score (nSPS) is 10.5. The molecule has 0 saturated heterocycles. The average molecular weight is 491 g/mol. The second-order valence-corrected chi connectivity index (χ2v) is 8.11. The highest BCUT2D eigenvalue weighted by Gasteiger charge is 2.13. The number of carboxylic acids is 1. The van der Waals surface area contributed by atoms with Crippen LogP contribution in [0.4, 0.5) is 8.78 Å². The molecule has 30 heavy (non-hydrogen) atoms. The van der Waals surface area contributed by atoms with Gasteiger partial charge in [-0.15, -0.1) is 11.8 Å². The Hall–Kier alpha value is -2.64. The van der Waals surface area contributed by atoms with E-state index >= 15 is 0 Å². The first-order valence-corrected chi connectivity index (χ1v) is 10.7.